The molecule has 3 heterocycles. The molecule has 176 valence electrons. The fourth-order valence-corrected chi connectivity index (χ4v) is 6.28. The minimum absolute atomic E-state index is 0.0490. The number of H-pyrrole nitrogens is 1. The number of fused-ring (bicyclic) bond motifs is 2. The average Bonchev–Trinajstić information content (AvgIpc) is 3.31. The van der Waals surface area contributed by atoms with Crippen LogP contribution in [0.4, 0.5) is 5.13 Å². The number of ketones is 1. The molecule has 1 unspecified atom stereocenters. The van der Waals surface area contributed by atoms with E-state index in [-0.39, 0.29) is 23.0 Å². The number of hydrogen-bond acceptors (Lipinski definition) is 8. The van der Waals surface area contributed by atoms with Crippen molar-refractivity contribution in [1.29, 1.82) is 0 Å². The zero-order valence-electron chi connectivity index (χ0n) is 18.9. The highest BCUT2D eigenvalue weighted by atomic mass is 32.2. The van der Waals surface area contributed by atoms with Crippen LogP contribution in [0, 0.1) is 5.41 Å². The van der Waals surface area contributed by atoms with Gasteiger partial charge in [-0.1, -0.05) is 25.2 Å². The van der Waals surface area contributed by atoms with Crippen LogP contribution in [0.15, 0.2) is 24.4 Å². The summed E-state index contributed by atoms with van der Waals surface area (Å²) in [6.45, 7) is 6.10. The summed E-state index contributed by atoms with van der Waals surface area (Å²) in [4.78, 5) is 23.9. The number of ether oxygens (including phenoxy) is 1. The minimum atomic E-state index is -3.60. The molecular formula is C23H27N3O5S2. The molecule has 1 aliphatic carbocycles. The third kappa shape index (κ3) is 4.64. The summed E-state index contributed by atoms with van der Waals surface area (Å²) in [5.74, 6) is 0.473. The van der Waals surface area contributed by atoms with E-state index in [9.17, 15) is 13.2 Å². The molecule has 3 aromatic rings. The van der Waals surface area contributed by atoms with E-state index in [1.165, 1.54) is 11.3 Å². The number of benzene rings is 1. The Labute approximate surface area is 197 Å². The number of aromatic amines is 1. The van der Waals surface area contributed by atoms with Crippen LogP contribution in [0.3, 0.4) is 0 Å². The summed E-state index contributed by atoms with van der Waals surface area (Å²) in [6.07, 6.45) is 5.03. The number of nitrogens with one attached hydrogen (secondary N) is 1. The first kappa shape index (κ1) is 22.4. The summed E-state index contributed by atoms with van der Waals surface area (Å²) in [7, 11) is -3.60. The Morgan fingerprint density at radius 3 is 2.94 bits per heavy atom. The number of nitrogens with zero attached hydrogens (tertiary/aromatic N) is 2. The lowest BCUT2D eigenvalue weighted by molar-refractivity contribution is 0.0915. The van der Waals surface area contributed by atoms with Gasteiger partial charge in [-0.25, -0.2) is 4.98 Å². The van der Waals surface area contributed by atoms with Crippen LogP contribution in [0.5, 0.6) is 5.75 Å². The maximum absolute atomic E-state index is 12.7. The summed E-state index contributed by atoms with van der Waals surface area (Å²) in [5, 5.41) is 1.79. The quantitative estimate of drug-likeness (QED) is 0.547. The van der Waals surface area contributed by atoms with Crippen molar-refractivity contribution in [2.45, 2.75) is 39.2 Å². The van der Waals surface area contributed by atoms with Crippen molar-refractivity contribution in [1.82, 2.24) is 9.97 Å². The monoisotopic (exact) mass is 489 g/mol. The number of morpholine rings is 1. The number of carbonyl (C=O) groups excluding carboxylic acids is 1. The van der Waals surface area contributed by atoms with E-state index in [0.29, 0.717) is 32.6 Å². The molecule has 1 aromatic carbocycles. The van der Waals surface area contributed by atoms with Crippen LogP contribution in [0.1, 0.15) is 41.2 Å². The summed E-state index contributed by atoms with van der Waals surface area (Å²) in [6, 6.07) is 5.25. The third-order valence-corrected chi connectivity index (χ3v) is 7.81. The van der Waals surface area contributed by atoms with Crippen molar-refractivity contribution in [3.05, 3.63) is 40.5 Å². The second kappa shape index (κ2) is 8.11. The summed E-state index contributed by atoms with van der Waals surface area (Å²) >= 11 is 1.49. The maximum atomic E-state index is 12.7. The number of rotatable bonds is 5. The molecule has 0 bridgehead atoms. The number of hydrogen-bond donors (Lipinski definition) is 1. The smallest absolute Gasteiger partial charge is 0.306 e. The normalized spacial score (nSPS) is 20.8. The summed E-state index contributed by atoms with van der Waals surface area (Å²) < 4.78 is 33.9. The third-order valence-electron chi connectivity index (χ3n) is 6.14. The first-order valence-corrected chi connectivity index (χ1v) is 13.6. The zero-order valence-corrected chi connectivity index (χ0v) is 20.5. The Morgan fingerprint density at radius 1 is 1.33 bits per heavy atom. The Balaban J connectivity index is 1.43. The average molecular weight is 490 g/mol. The molecule has 33 heavy (non-hydrogen) atoms. The SMILES string of the molecule is CC1(C)CC(=O)c2sc(N3CCOCC3Cc3c[nH]c4ccc(OS(C)(=O)=O)cc34)nc2C1. The topological polar surface area (TPSA) is 102 Å². The molecule has 0 spiro atoms. The highest BCUT2D eigenvalue weighted by Gasteiger charge is 2.36. The molecular weight excluding hydrogens is 462 g/mol. The minimum Gasteiger partial charge on any atom is -0.383 e. The molecule has 0 saturated carbocycles. The lowest BCUT2D eigenvalue weighted by Crippen LogP contribution is -2.46. The van der Waals surface area contributed by atoms with Crippen LogP contribution in [0.25, 0.3) is 10.9 Å². The highest BCUT2D eigenvalue weighted by Crippen LogP contribution is 2.40. The fraction of sp³-hybridized carbons (Fsp3) is 0.478. The van der Waals surface area contributed by atoms with E-state index < -0.39 is 10.1 Å². The molecule has 1 atom stereocenters. The van der Waals surface area contributed by atoms with Gasteiger partial charge in [-0.05, 0) is 42.0 Å². The van der Waals surface area contributed by atoms with Crippen molar-refractivity contribution in [3.8, 4) is 5.75 Å². The number of thiazole rings is 1. The van der Waals surface area contributed by atoms with Gasteiger partial charge in [0.1, 0.15) is 5.75 Å². The second-order valence-corrected chi connectivity index (χ2v) is 12.2. The van der Waals surface area contributed by atoms with Crippen molar-refractivity contribution in [2.75, 3.05) is 30.9 Å². The Bertz CT molecular complexity index is 1330. The van der Waals surface area contributed by atoms with Crippen molar-refractivity contribution in [3.63, 3.8) is 0 Å². The molecule has 2 aromatic heterocycles. The van der Waals surface area contributed by atoms with Gasteiger partial charge >= 0.3 is 10.1 Å². The Hall–Kier alpha value is -2.43. The van der Waals surface area contributed by atoms with Crippen LogP contribution in [-0.2, 0) is 27.7 Å². The van der Waals surface area contributed by atoms with Crippen LogP contribution >= 0.6 is 11.3 Å². The van der Waals surface area contributed by atoms with Crippen molar-refractivity contribution in [2.24, 2.45) is 5.41 Å². The van der Waals surface area contributed by atoms with Gasteiger partial charge in [0.15, 0.2) is 10.9 Å². The Morgan fingerprint density at radius 2 is 2.15 bits per heavy atom. The lowest BCUT2D eigenvalue weighted by Gasteiger charge is -2.35. The van der Waals surface area contributed by atoms with Crippen LogP contribution < -0.4 is 9.08 Å². The van der Waals surface area contributed by atoms with Crippen LogP contribution in [-0.4, -0.2) is 56.2 Å². The second-order valence-electron chi connectivity index (χ2n) is 9.65. The standard InChI is InChI=1S/C23H27N3O5S2/c1-23(2)10-19-21(20(27)11-23)32-22(25-19)26-6-7-30-13-15(26)8-14-12-24-18-5-4-16(9-17(14)18)31-33(3,28)29/h4-5,9,12,15,24H,6-8,10-11,13H2,1-3H3. The van der Waals surface area contributed by atoms with Gasteiger partial charge < -0.3 is 18.8 Å². The molecule has 1 aliphatic heterocycles. The lowest BCUT2D eigenvalue weighted by atomic mass is 9.78. The molecule has 5 rings (SSSR count). The number of aromatic nitrogens is 2. The molecule has 8 nitrogen and oxygen atoms in total. The van der Waals surface area contributed by atoms with Gasteiger partial charge in [0, 0.05) is 30.1 Å². The van der Waals surface area contributed by atoms with Gasteiger partial charge in [0.25, 0.3) is 0 Å². The predicted octanol–water partition coefficient (Wildman–Crippen LogP) is 3.57. The number of carbonyl (C=O) groups is 1. The van der Waals surface area contributed by atoms with Gasteiger partial charge in [-0.3, -0.25) is 4.79 Å². The Kier molecular flexibility index (Phi) is 5.49. The van der Waals surface area contributed by atoms with Gasteiger partial charge in [0.05, 0.1) is 36.1 Å². The van der Waals surface area contributed by atoms with E-state index in [1.807, 2.05) is 12.3 Å². The molecule has 2 aliphatic rings. The zero-order chi connectivity index (χ0) is 23.4. The molecule has 1 fully saturated rings. The van der Waals surface area contributed by atoms with Crippen LogP contribution in [0.2, 0.25) is 0 Å². The van der Waals surface area contributed by atoms with E-state index in [1.54, 1.807) is 12.1 Å². The number of Topliss-reactive ketones (excluding diaryl/α,β-unsaturated/α-hetero) is 1. The van der Waals surface area contributed by atoms with Gasteiger partial charge in [0.2, 0.25) is 0 Å². The predicted molar refractivity (Wildman–Crippen MR) is 128 cm³/mol. The van der Waals surface area contributed by atoms with Crippen molar-refractivity contribution < 1.29 is 22.1 Å². The fourth-order valence-electron chi connectivity index (χ4n) is 4.71. The number of anilines is 1. The van der Waals surface area contributed by atoms with E-state index in [2.05, 4.69) is 23.7 Å². The first-order chi connectivity index (χ1) is 15.6. The van der Waals surface area contributed by atoms with Gasteiger partial charge in [-0.2, -0.15) is 8.42 Å². The van der Waals surface area contributed by atoms with E-state index >= 15 is 0 Å². The largest absolute Gasteiger partial charge is 0.383 e. The summed E-state index contributed by atoms with van der Waals surface area (Å²) in [5.41, 5.74) is 2.81. The highest BCUT2D eigenvalue weighted by molar-refractivity contribution is 7.86. The van der Waals surface area contributed by atoms with Crippen molar-refractivity contribution >= 4 is 43.3 Å². The maximum Gasteiger partial charge on any atom is 0.306 e. The molecule has 0 radical (unpaired) electrons. The van der Waals surface area contributed by atoms with Gasteiger partial charge in [-0.15, -0.1) is 0 Å². The van der Waals surface area contributed by atoms with E-state index in [0.717, 1.165) is 44.8 Å². The first-order valence-electron chi connectivity index (χ1n) is 10.9. The molecule has 1 N–H and O–H groups in total. The molecule has 10 heteroatoms. The molecule has 0 amide bonds. The molecule has 1 saturated heterocycles. The van der Waals surface area contributed by atoms with E-state index in [4.69, 9.17) is 13.9 Å².